The summed E-state index contributed by atoms with van der Waals surface area (Å²) in [7, 11) is 0. The van der Waals surface area contributed by atoms with Crippen LogP contribution < -0.4 is 11.1 Å². The molecule has 0 saturated heterocycles. The molecule has 0 fully saturated rings. The highest BCUT2D eigenvalue weighted by atomic mass is 35.5. The van der Waals surface area contributed by atoms with Crippen molar-refractivity contribution in [2.45, 2.75) is 0 Å². The molecule has 0 aromatic heterocycles. The second-order valence-corrected chi connectivity index (χ2v) is 4.22. The molecule has 2 rings (SSSR count). The fraction of sp³-hybridized carbons (Fsp3) is 0. The smallest absolute Gasteiger partial charge is 0.259 e. The van der Waals surface area contributed by atoms with Crippen LogP contribution in [-0.4, -0.2) is 5.91 Å². The third kappa shape index (κ3) is 3.00. The number of amides is 1. The molecule has 0 saturated carbocycles. The number of halogens is 3. The molecule has 2 aromatic rings. The van der Waals surface area contributed by atoms with Crippen molar-refractivity contribution in [2.24, 2.45) is 0 Å². The summed E-state index contributed by atoms with van der Waals surface area (Å²) in [5, 5.41) is 2.50. The highest BCUT2D eigenvalue weighted by Crippen LogP contribution is 2.23. The van der Waals surface area contributed by atoms with Crippen LogP contribution in [-0.2, 0) is 0 Å². The number of rotatable bonds is 2. The Morgan fingerprint density at radius 1 is 1.16 bits per heavy atom. The number of benzene rings is 2. The average Bonchev–Trinajstić information content (AvgIpc) is 2.26. The summed E-state index contributed by atoms with van der Waals surface area (Å²) < 4.78 is 26.0. The van der Waals surface area contributed by atoms with E-state index >= 15 is 0 Å². The first-order valence-electron chi connectivity index (χ1n) is 5.29. The van der Waals surface area contributed by atoms with Gasteiger partial charge in [-0.25, -0.2) is 8.78 Å². The summed E-state index contributed by atoms with van der Waals surface area (Å²) in [6, 6.07) is 7.30. The zero-order valence-corrected chi connectivity index (χ0v) is 10.3. The molecule has 0 atom stereocenters. The Morgan fingerprint density at radius 2 is 1.79 bits per heavy atom. The molecule has 0 unspecified atom stereocenters. The van der Waals surface area contributed by atoms with Crippen molar-refractivity contribution >= 4 is 28.9 Å². The Morgan fingerprint density at radius 3 is 2.37 bits per heavy atom. The summed E-state index contributed by atoms with van der Waals surface area (Å²) in [5.41, 5.74) is 5.88. The molecule has 1 amide bonds. The van der Waals surface area contributed by atoms with Crippen LogP contribution in [0.1, 0.15) is 10.4 Å². The molecule has 0 heterocycles. The Labute approximate surface area is 113 Å². The first-order valence-corrected chi connectivity index (χ1v) is 5.66. The first kappa shape index (κ1) is 13.3. The van der Waals surface area contributed by atoms with Crippen molar-refractivity contribution in [1.29, 1.82) is 0 Å². The van der Waals surface area contributed by atoms with E-state index in [2.05, 4.69) is 5.32 Å². The maximum absolute atomic E-state index is 13.0. The SMILES string of the molecule is Nc1cccc(Cl)c1C(=O)Nc1cc(F)cc(F)c1. The normalized spacial score (nSPS) is 10.3. The minimum Gasteiger partial charge on any atom is -0.398 e. The standard InChI is InChI=1S/C13H9ClF2N2O/c14-10-2-1-3-11(17)12(10)13(19)18-9-5-7(15)4-8(16)6-9/h1-6H,17H2,(H,18,19). The van der Waals surface area contributed by atoms with Gasteiger partial charge in [-0.2, -0.15) is 0 Å². The van der Waals surface area contributed by atoms with Crippen LogP contribution in [0.2, 0.25) is 5.02 Å². The molecule has 0 bridgehead atoms. The lowest BCUT2D eigenvalue weighted by atomic mass is 10.1. The van der Waals surface area contributed by atoms with Gasteiger partial charge in [0.2, 0.25) is 0 Å². The van der Waals surface area contributed by atoms with E-state index in [1.807, 2.05) is 0 Å². The summed E-state index contributed by atoms with van der Waals surface area (Å²) in [6.45, 7) is 0. The summed E-state index contributed by atoms with van der Waals surface area (Å²) >= 11 is 5.86. The molecule has 3 N–H and O–H groups in total. The van der Waals surface area contributed by atoms with Crippen LogP contribution in [0.25, 0.3) is 0 Å². The molecule has 0 aliphatic heterocycles. The number of nitrogens with two attached hydrogens (primary N) is 1. The minimum absolute atomic E-state index is 0.0122. The molecule has 98 valence electrons. The van der Waals surface area contributed by atoms with Crippen LogP contribution in [0.4, 0.5) is 20.2 Å². The first-order chi connectivity index (χ1) is 8.97. The van der Waals surface area contributed by atoms with E-state index in [4.69, 9.17) is 17.3 Å². The number of nitrogens with one attached hydrogen (secondary N) is 1. The van der Waals surface area contributed by atoms with Crippen LogP contribution in [0.5, 0.6) is 0 Å². The van der Waals surface area contributed by atoms with E-state index in [0.29, 0.717) is 6.07 Å². The van der Waals surface area contributed by atoms with Crippen LogP contribution in [0.15, 0.2) is 36.4 Å². The highest BCUT2D eigenvalue weighted by Gasteiger charge is 2.14. The summed E-state index contributed by atoms with van der Waals surface area (Å²) in [4.78, 5) is 12.0. The van der Waals surface area contributed by atoms with Gasteiger partial charge in [0.15, 0.2) is 0 Å². The zero-order chi connectivity index (χ0) is 14.0. The third-order valence-electron chi connectivity index (χ3n) is 2.39. The molecular formula is C13H9ClF2N2O. The van der Waals surface area contributed by atoms with Crippen LogP contribution >= 0.6 is 11.6 Å². The Bertz CT molecular complexity index is 606. The van der Waals surface area contributed by atoms with Gasteiger partial charge in [-0.1, -0.05) is 17.7 Å². The molecular weight excluding hydrogens is 274 g/mol. The lowest BCUT2D eigenvalue weighted by molar-refractivity contribution is 0.102. The quantitative estimate of drug-likeness (QED) is 0.829. The van der Waals surface area contributed by atoms with Gasteiger partial charge in [0.05, 0.1) is 10.6 Å². The summed E-state index contributed by atoms with van der Waals surface area (Å²) in [5.74, 6) is -2.21. The summed E-state index contributed by atoms with van der Waals surface area (Å²) in [6.07, 6.45) is 0. The van der Waals surface area contributed by atoms with Gasteiger partial charge in [0.25, 0.3) is 5.91 Å². The molecule has 3 nitrogen and oxygen atoms in total. The van der Waals surface area contributed by atoms with E-state index in [1.54, 1.807) is 6.07 Å². The predicted octanol–water partition coefficient (Wildman–Crippen LogP) is 3.45. The van der Waals surface area contributed by atoms with Crippen molar-refractivity contribution in [1.82, 2.24) is 0 Å². The zero-order valence-electron chi connectivity index (χ0n) is 9.58. The van der Waals surface area contributed by atoms with Crippen LogP contribution in [0.3, 0.4) is 0 Å². The molecule has 6 heteroatoms. The number of carbonyl (C=O) groups is 1. The van der Waals surface area contributed by atoms with Crippen molar-refractivity contribution in [3.63, 3.8) is 0 Å². The van der Waals surface area contributed by atoms with E-state index in [1.165, 1.54) is 12.1 Å². The maximum Gasteiger partial charge on any atom is 0.259 e. The second kappa shape index (κ2) is 5.24. The molecule has 0 spiro atoms. The van der Waals surface area contributed by atoms with E-state index in [-0.39, 0.29) is 22.0 Å². The van der Waals surface area contributed by atoms with Crippen molar-refractivity contribution < 1.29 is 13.6 Å². The highest BCUT2D eigenvalue weighted by molar-refractivity contribution is 6.35. The Balaban J connectivity index is 2.31. The number of hydrogen-bond donors (Lipinski definition) is 2. The topological polar surface area (TPSA) is 55.1 Å². The van der Waals surface area contributed by atoms with Gasteiger partial charge < -0.3 is 11.1 Å². The Kier molecular flexibility index (Phi) is 3.66. The van der Waals surface area contributed by atoms with Crippen molar-refractivity contribution in [3.8, 4) is 0 Å². The second-order valence-electron chi connectivity index (χ2n) is 3.82. The van der Waals surface area contributed by atoms with Gasteiger partial charge in [0.1, 0.15) is 11.6 Å². The minimum atomic E-state index is -0.789. The van der Waals surface area contributed by atoms with Gasteiger partial charge in [-0.3, -0.25) is 4.79 Å². The van der Waals surface area contributed by atoms with E-state index in [0.717, 1.165) is 12.1 Å². The van der Waals surface area contributed by atoms with Gasteiger partial charge in [0, 0.05) is 17.4 Å². The van der Waals surface area contributed by atoms with E-state index in [9.17, 15) is 13.6 Å². The number of carbonyl (C=O) groups excluding carboxylic acids is 1. The fourth-order valence-electron chi connectivity index (χ4n) is 1.60. The van der Waals surface area contributed by atoms with E-state index < -0.39 is 17.5 Å². The monoisotopic (exact) mass is 282 g/mol. The van der Waals surface area contributed by atoms with Gasteiger partial charge >= 0.3 is 0 Å². The number of nitrogen functional groups attached to an aromatic ring is 1. The molecule has 2 aromatic carbocycles. The fourth-order valence-corrected chi connectivity index (χ4v) is 1.87. The van der Waals surface area contributed by atoms with Gasteiger partial charge in [-0.15, -0.1) is 0 Å². The number of hydrogen-bond acceptors (Lipinski definition) is 2. The van der Waals surface area contributed by atoms with Crippen molar-refractivity contribution in [3.05, 3.63) is 58.6 Å². The largest absolute Gasteiger partial charge is 0.398 e. The molecule has 19 heavy (non-hydrogen) atoms. The lowest BCUT2D eigenvalue weighted by Gasteiger charge is -2.09. The molecule has 0 radical (unpaired) electrons. The lowest BCUT2D eigenvalue weighted by Crippen LogP contribution is -2.15. The van der Waals surface area contributed by atoms with Gasteiger partial charge in [-0.05, 0) is 24.3 Å². The average molecular weight is 283 g/mol. The third-order valence-corrected chi connectivity index (χ3v) is 2.71. The van der Waals surface area contributed by atoms with Crippen LogP contribution in [0, 0.1) is 11.6 Å². The Hall–Kier alpha value is -2.14. The maximum atomic E-state index is 13.0. The van der Waals surface area contributed by atoms with Crippen molar-refractivity contribution in [2.75, 3.05) is 11.1 Å². The molecule has 0 aliphatic rings. The molecule has 0 aliphatic carbocycles. The predicted molar refractivity (Wildman–Crippen MR) is 70.2 cm³/mol. The number of anilines is 2.